The van der Waals surface area contributed by atoms with Crippen LogP contribution in [0.4, 0.5) is 0 Å². The average Bonchev–Trinajstić information content (AvgIpc) is 3.00. The summed E-state index contributed by atoms with van der Waals surface area (Å²) < 4.78 is 15.3. The van der Waals surface area contributed by atoms with Gasteiger partial charge in [-0.25, -0.2) is 9.59 Å². The molecule has 0 radical (unpaired) electrons. The van der Waals surface area contributed by atoms with Gasteiger partial charge in [-0.2, -0.15) is 0 Å². The monoisotopic (exact) mass is 1200 g/mol. The molecule has 4 aromatic rings. The maximum Gasteiger partial charge on any atom is 0.343 e. The van der Waals surface area contributed by atoms with Crippen molar-refractivity contribution in [1.29, 1.82) is 0 Å². The van der Waals surface area contributed by atoms with Crippen LogP contribution in [0.5, 0.6) is 0 Å². The third-order valence-electron chi connectivity index (χ3n) is 14.7. The first-order valence-electron chi connectivity index (χ1n) is 30.9. The van der Waals surface area contributed by atoms with Gasteiger partial charge in [0.2, 0.25) is 23.3 Å². The Bertz CT molecular complexity index is 2530. The molecule has 4 rings (SSSR count). The van der Waals surface area contributed by atoms with E-state index in [1.807, 2.05) is 31.2 Å². The topological polar surface area (TPSA) is 273 Å². The van der Waals surface area contributed by atoms with E-state index in [9.17, 15) is 39.0 Å². The highest BCUT2D eigenvalue weighted by Gasteiger charge is 2.49. The molecule has 17 heteroatoms. The molecule has 0 aliphatic heterocycles. The van der Waals surface area contributed by atoms with Crippen molar-refractivity contribution < 1.29 is 63.4 Å². The summed E-state index contributed by atoms with van der Waals surface area (Å²) in [6.07, 6.45) is 14.1. The van der Waals surface area contributed by atoms with Crippen LogP contribution in [0, 0.1) is 0 Å². The van der Waals surface area contributed by atoms with E-state index in [-0.39, 0.29) is 70.5 Å². The second kappa shape index (κ2) is 42.4. The smallest absolute Gasteiger partial charge is 0.343 e. The first-order valence-corrected chi connectivity index (χ1v) is 30.9. The lowest BCUT2D eigenvalue weighted by atomic mass is 9.89. The number of esters is 3. The van der Waals surface area contributed by atoms with Gasteiger partial charge >= 0.3 is 17.9 Å². The lowest BCUT2D eigenvalue weighted by Gasteiger charge is -2.33. The first-order chi connectivity index (χ1) is 41.0. The number of ether oxygens (including phenoxy) is 3. The van der Waals surface area contributed by atoms with Crippen LogP contribution in [0.2, 0.25) is 0 Å². The predicted molar refractivity (Wildman–Crippen MR) is 340 cm³/mol. The summed E-state index contributed by atoms with van der Waals surface area (Å²) in [7, 11) is 0. The van der Waals surface area contributed by atoms with Gasteiger partial charge in [0.1, 0.15) is 6.61 Å². The molecule has 0 spiro atoms. The second-order valence-corrected chi connectivity index (χ2v) is 22.3. The molecule has 1 atom stereocenters. The normalized spacial score (nSPS) is 11.8. The molecular weight excluding hydrogens is 1090 g/mol. The fourth-order valence-corrected chi connectivity index (χ4v) is 9.48. The fourth-order valence-electron chi connectivity index (χ4n) is 9.48. The highest BCUT2D eigenvalue weighted by Crippen LogP contribution is 2.23. The lowest BCUT2D eigenvalue weighted by Crippen LogP contribution is -2.61. The van der Waals surface area contributed by atoms with Crippen molar-refractivity contribution in [2.24, 2.45) is 5.73 Å². The average molecular weight is 1200 g/mol. The number of carbonyl (C=O) groups is 6. The zero-order valence-corrected chi connectivity index (χ0v) is 53.7. The summed E-state index contributed by atoms with van der Waals surface area (Å²) in [5.74, 6) is -2.75. The summed E-state index contributed by atoms with van der Waals surface area (Å²) in [6.45, 7) is 19.0. The molecule has 0 fully saturated rings. The zero-order valence-electron chi connectivity index (χ0n) is 53.7. The molecule has 17 nitrogen and oxygen atoms in total. The minimum Gasteiger partial charge on any atom is -0.464 e. The van der Waals surface area contributed by atoms with Crippen molar-refractivity contribution in [3.05, 3.63) is 142 Å². The van der Waals surface area contributed by atoms with Gasteiger partial charge in [-0.1, -0.05) is 157 Å². The molecule has 9 N–H and O–H groups in total. The van der Waals surface area contributed by atoms with Crippen molar-refractivity contribution in [1.82, 2.24) is 16.0 Å². The SMILES string of the molecule is CCCc1ccc(CCC(CC)(COC(C)=O)NC(C)=O)cc1.CCCc1ccc(CCC(CO)(CO)NC(C)=O)cc1.CCCc1ccc(CCC(N)(CO)CO)cc1.CCCc1ccc(CCC(NC(C)=O)(C(=O)OCC)C(=O)OCC)cc1. The van der Waals surface area contributed by atoms with E-state index in [1.54, 1.807) is 13.8 Å². The predicted octanol–water partition coefficient (Wildman–Crippen LogP) is 8.68. The summed E-state index contributed by atoms with van der Waals surface area (Å²) in [4.78, 5) is 70.6. The van der Waals surface area contributed by atoms with Gasteiger partial charge in [0.15, 0.2) is 0 Å². The quantitative estimate of drug-likeness (QED) is 0.0124. The number of aliphatic hydroxyl groups excluding tert-OH is 4. The van der Waals surface area contributed by atoms with Gasteiger partial charge in [0.05, 0.1) is 56.3 Å². The lowest BCUT2D eigenvalue weighted by molar-refractivity contribution is -0.168. The molecule has 4 aromatic carbocycles. The van der Waals surface area contributed by atoms with E-state index in [0.29, 0.717) is 32.1 Å². The Labute approximate surface area is 514 Å². The number of hydrogen-bond donors (Lipinski definition) is 8. The Kier molecular flexibility index (Phi) is 38.2. The maximum atomic E-state index is 12.5. The first kappa shape index (κ1) is 77.5. The van der Waals surface area contributed by atoms with Gasteiger partial charge in [-0.05, 0) is 142 Å². The largest absolute Gasteiger partial charge is 0.464 e. The van der Waals surface area contributed by atoms with Gasteiger partial charge < -0.3 is 56.3 Å². The van der Waals surface area contributed by atoms with E-state index in [2.05, 4.69) is 116 Å². The number of hydrogen-bond acceptors (Lipinski definition) is 14. The molecule has 0 bridgehead atoms. The van der Waals surface area contributed by atoms with Crippen molar-refractivity contribution in [2.45, 2.75) is 207 Å². The summed E-state index contributed by atoms with van der Waals surface area (Å²) in [5, 5.41) is 45.2. The number of benzene rings is 4. The molecule has 0 aliphatic carbocycles. The zero-order chi connectivity index (χ0) is 64.6. The van der Waals surface area contributed by atoms with Crippen LogP contribution in [0.15, 0.2) is 97.1 Å². The molecule has 0 heterocycles. The molecule has 0 saturated carbocycles. The number of carbonyl (C=O) groups excluding carboxylic acids is 6. The van der Waals surface area contributed by atoms with E-state index >= 15 is 0 Å². The summed E-state index contributed by atoms with van der Waals surface area (Å²) in [5.41, 5.74) is 11.5. The van der Waals surface area contributed by atoms with Gasteiger partial charge in [-0.15, -0.1) is 0 Å². The van der Waals surface area contributed by atoms with E-state index in [4.69, 9.17) is 30.2 Å². The van der Waals surface area contributed by atoms with Crippen LogP contribution in [0.3, 0.4) is 0 Å². The molecule has 0 saturated heterocycles. The van der Waals surface area contributed by atoms with Crippen molar-refractivity contribution >= 4 is 35.6 Å². The summed E-state index contributed by atoms with van der Waals surface area (Å²) in [6, 6.07) is 33.4. The standard InChI is InChI=1S/C20H29NO5.C19H29NO3.C16H25NO3.C14H23NO2/c1-5-8-16-9-11-17(12-10-16)13-14-20(21-15(4)22,18(23)25-6-2)19(24)26-7-3;1-5-7-17-8-10-18(11-9-17)12-13-19(6-2,20-15(3)21)14-23-16(4)22;1-3-4-14-5-7-15(8-6-14)9-10-16(11-18,12-19)17-13(2)20;1-2-3-12-4-6-13(7-5-12)8-9-14(15,10-16)11-17/h9-12H,5-8,13-14H2,1-4H3,(H,21,22);8-11H,5-7,12-14H2,1-4H3,(H,20,21);5-8,18-19H,3-4,9-12H2,1-2H3,(H,17,20);4-7,16-17H,2-3,8-11,15H2,1H3. The van der Waals surface area contributed by atoms with Crippen molar-refractivity contribution in [2.75, 3.05) is 46.2 Å². The van der Waals surface area contributed by atoms with Crippen LogP contribution in [0.25, 0.3) is 0 Å². The Hall–Kier alpha value is -6.50. The van der Waals surface area contributed by atoms with Gasteiger partial charge in [-0.3, -0.25) is 19.2 Å². The van der Waals surface area contributed by atoms with E-state index < -0.39 is 40.0 Å². The van der Waals surface area contributed by atoms with Gasteiger partial charge in [0, 0.05) is 27.7 Å². The number of amides is 3. The molecule has 0 aliphatic rings. The Balaban J connectivity index is 0.000000580. The Morgan fingerprint density at radius 3 is 0.919 bits per heavy atom. The van der Waals surface area contributed by atoms with Crippen LogP contribution in [0.1, 0.15) is 178 Å². The molecule has 1 unspecified atom stereocenters. The highest BCUT2D eigenvalue weighted by atomic mass is 16.6. The highest BCUT2D eigenvalue weighted by molar-refractivity contribution is 6.07. The minimum absolute atomic E-state index is 0.0668. The van der Waals surface area contributed by atoms with Crippen LogP contribution in [-0.2, 0) is 94.3 Å². The van der Waals surface area contributed by atoms with E-state index in [1.165, 1.54) is 61.1 Å². The van der Waals surface area contributed by atoms with Gasteiger partial charge in [0.25, 0.3) is 0 Å². The number of rotatable bonds is 34. The van der Waals surface area contributed by atoms with Crippen LogP contribution in [-0.4, -0.2) is 124 Å². The van der Waals surface area contributed by atoms with E-state index in [0.717, 1.165) is 81.8 Å². The number of nitrogens with one attached hydrogen (secondary N) is 3. The number of aryl methyl sites for hydroxylation is 8. The second-order valence-electron chi connectivity index (χ2n) is 22.3. The fraction of sp³-hybridized carbons (Fsp3) is 0.565. The van der Waals surface area contributed by atoms with Crippen LogP contribution >= 0.6 is 0 Å². The van der Waals surface area contributed by atoms with Crippen molar-refractivity contribution in [3.63, 3.8) is 0 Å². The van der Waals surface area contributed by atoms with Crippen LogP contribution < -0.4 is 21.7 Å². The third kappa shape index (κ3) is 29.7. The number of nitrogens with two attached hydrogens (primary N) is 1. The minimum atomic E-state index is -1.83. The molecule has 86 heavy (non-hydrogen) atoms. The summed E-state index contributed by atoms with van der Waals surface area (Å²) >= 11 is 0. The number of aliphatic hydroxyl groups is 4. The van der Waals surface area contributed by atoms with Crippen molar-refractivity contribution in [3.8, 4) is 0 Å². The Morgan fingerprint density at radius 1 is 0.384 bits per heavy atom. The maximum absolute atomic E-state index is 12.5. The molecule has 0 aromatic heterocycles. The molecule has 3 amide bonds. The molecular formula is C69H106N4O13. The molecule has 480 valence electrons. The third-order valence-corrected chi connectivity index (χ3v) is 14.7. The Morgan fingerprint density at radius 2 is 0.663 bits per heavy atom.